The Hall–Kier alpha value is -1.85. The fourth-order valence-corrected chi connectivity index (χ4v) is 0.659. The number of aromatic nitrogens is 2. The molecule has 0 atom stereocenters. The van der Waals surface area contributed by atoms with Gasteiger partial charge in [0, 0.05) is 0 Å². The van der Waals surface area contributed by atoms with Gasteiger partial charge in [0.25, 0.3) is 0 Å². The molecule has 58 valence electrons. The number of imidazole rings is 1. The summed E-state index contributed by atoms with van der Waals surface area (Å²) in [5.74, 6) is -1.69. The van der Waals surface area contributed by atoms with Crippen LogP contribution in [0.3, 0.4) is 0 Å². The van der Waals surface area contributed by atoms with E-state index < -0.39 is 12.1 Å². The standard InChI is InChI=1S/C5H4N2O4/c8-4(9)3-6-1-2-7(3)5(10)11/h1-2H,(H,8,9)(H,10,11)/p+1. The number of carboxylic acids is 1. The van der Waals surface area contributed by atoms with Gasteiger partial charge in [-0.2, -0.15) is 4.79 Å². The third-order valence-corrected chi connectivity index (χ3v) is 1.09. The Morgan fingerprint density at radius 1 is 1.45 bits per heavy atom. The minimum Gasteiger partial charge on any atom is -0.472 e. The van der Waals surface area contributed by atoms with Crippen LogP contribution in [0.1, 0.15) is 10.6 Å². The van der Waals surface area contributed by atoms with Crippen LogP contribution in [0, 0.1) is 0 Å². The van der Waals surface area contributed by atoms with Crippen LogP contribution in [0.2, 0.25) is 0 Å². The molecule has 0 spiro atoms. The molecule has 0 bridgehead atoms. The molecule has 0 unspecified atom stereocenters. The second-order valence-corrected chi connectivity index (χ2v) is 1.77. The summed E-state index contributed by atoms with van der Waals surface area (Å²) in [6, 6.07) is 0. The smallest absolute Gasteiger partial charge is 0.472 e. The Balaban J connectivity index is 3.16. The molecule has 0 saturated heterocycles. The molecule has 1 rings (SSSR count). The summed E-state index contributed by atoms with van der Waals surface area (Å²) >= 11 is 0. The van der Waals surface area contributed by atoms with Crippen LogP contribution >= 0.6 is 0 Å². The Labute approximate surface area is 60.7 Å². The number of rotatable bonds is 1. The summed E-state index contributed by atoms with van der Waals surface area (Å²) in [7, 11) is 0. The first-order valence-electron chi connectivity index (χ1n) is 2.68. The van der Waals surface area contributed by atoms with Gasteiger partial charge in [0.2, 0.25) is 0 Å². The highest BCUT2D eigenvalue weighted by atomic mass is 16.4. The summed E-state index contributed by atoms with van der Waals surface area (Å²) in [6.45, 7) is 0. The molecule has 0 aliphatic carbocycles. The zero-order valence-electron chi connectivity index (χ0n) is 5.31. The van der Waals surface area contributed by atoms with Gasteiger partial charge >= 0.3 is 17.9 Å². The number of aromatic amines is 1. The normalized spacial score (nSPS) is 9.45. The van der Waals surface area contributed by atoms with E-state index in [1.807, 2.05) is 0 Å². The van der Waals surface area contributed by atoms with Crippen molar-refractivity contribution < 1.29 is 24.8 Å². The highest BCUT2D eigenvalue weighted by molar-refractivity contribution is 5.86. The zero-order valence-corrected chi connectivity index (χ0v) is 5.31. The van der Waals surface area contributed by atoms with Crippen LogP contribution in [0.4, 0.5) is 4.79 Å². The molecular formula is C5H5N2O4+. The largest absolute Gasteiger partial charge is 0.509 e. The molecule has 6 nitrogen and oxygen atoms in total. The maximum absolute atomic E-state index is 10.3. The van der Waals surface area contributed by atoms with Gasteiger partial charge in [0.05, 0.1) is 0 Å². The fourth-order valence-electron chi connectivity index (χ4n) is 0.659. The molecular weight excluding hydrogens is 152 g/mol. The molecule has 0 fully saturated rings. The van der Waals surface area contributed by atoms with Crippen LogP contribution < -0.4 is 4.98 Å². The Morgan fingerprint density at radius 2 is 2.09 bits per heavy atom. The Morgan fingerprint density at radius 3 is 2.45 bits per heavy atom. The summed E-state index contributed by atoms with van der Waals surface area (Å²) in [5.41, 5.74) is 0. The minimum absolute atomic E-state index is 0.377. The van der Waals surface area contributed by atoms with E-state index >= 15 is 0 Å². The quantitative estimate of drug-likeness (QED) is 0.576. The van der Waals surface area contributed by atoms with E-state index in [0.29, 0.717) is 4.57 Å². The van der Waals surface area contributed by atoms with E-state index in [2.05, 4.69) is 4.98 Å². The van der Waals surface area contributed by atoms with Gasteiger partial charge in [-0.05, 0) is 0 Å². The molecule has 3 N–H and O–H groups in total. The van der Waals surface area contributed by atoms with Gasteiger partial charge in [-0.15, -0.1) is 4.57 Å². The van der Waals surface area contributed by atoms with Gasteiger partial charge in [-0.25, -0.2) is 9.78 Å². The van der Waals surface area contributed by atoms with Crippen molar-refractivity contribution in [2.45, 2.75) is 0 Å². The number of H-pyrrole nitrogens is 1. The van der Waals surface area contributed by atoms with E-state index in [4.69, 9.17) is 10.2 Å². The topological polar surface area (TPSA) is 93.7 Å². The first-order valence-corrected chi connectivity index (χ1v) is 2.68. The number of aromatic carboxylic acids is 1. The lowest BCUT2D eigenvalue weighted by Crippen LogP contribution is -2.21. The molecule has 0 amide bonds. The summed E-state index contributed by atoms with van der Waals surface area (Å²) in [5, 5.41) is 16.8. The second-order valence-electron chi connectivity index (χ2n) is 1.77. The minimum atomic E-state index is -1.33. The third-order valence-electron chi connectivity index (χ3n) is 1.09. The lowest BCUT2D eigenvalue weighted by molar-refractivity contribution is -0.382. The van der Waals surface area contributed by atoms with E-state index in [0.717, 1.165) is 6.20 Å². The molecule has 0 aromatic carbocycles. The predicted molar refractivity (Wildman–Crippen MR) is 31.4 cm³/mol. The van der Waals surface area contributed by atoms with E-state index in [9.17, 15) is 9.59 Å². The van der Waals surface area contributed by atoms with Gasteiger partial charge in [-0.3, -0.25) is 0 Å². The monoisotopic (exact) mass is 157 g/mol. The molecule has 0 aliphatic heterocycles. The third kappa shape index (κ3) is 1.18. The highest BCUT2D eigenvalue weighted by Crippen LogP contribution is 1.91. The number of hydrogen-bond acceptors (Lipinski definition) is 2. The average molecular weight is 157 g/mol. The number of nitrogens with one attached hydrogen (secondary N) is 1. The van der Waals surface area contributed by atoms with Gasteiger partial charge in [0.1, 0.15) is 12.4 Å². The average Bonchev–Trinajstić information content (AvgIpc) is 2.32. The maximum atomic E-state index is 10.3. The van der Waals surface area contributed by atoms with Crippen LogP contribution in [0.15, 0.2) is 12.4 Å². The number of carboxylic acid groups (broad SMARTS) is 2. The Kier molecular flexibility index (Phi) is 1.59. The van der Waals surface area contributed by atoms with Gasteiger partial charge in [0.15, 0.2) is 0 Å². The molecule has 0 aliphatic rings. The highest BCUT2D eigenvalue weighted by Gasteiger charge is 2.23. The molecule has 0 saturated carbocycles. The molecule has 1 aromatic rings. The molecule has 11 heavy (non-hydrogen) atoms. The van der Waals surface area contributed by atoms with Gasteiger partial charge < -0.3 is 10.2 Å². The van der Waals surface area contributed by atoms with Crippen molar-refractivity contribution in [3.05, 3.63) is 18.2 Å². The molecule has 6 heteroatoms. The first-order chi connectivity index (χ1) is 5.13. The van der Waals surface area contributed by atoms with Crippen molar-refractivity contribution in [2.75, 3.05) is 0 Å². The zero-order chi connectivity index (χ0) is 8.43. The predicted octanol–water partition coefficient (Wildman–Crippen LogP) is -0.474. The molecule has 0 radical (unpaired) electrons. The molecule has 1 aromatic heterocycles. The Bertz CT molecular complexity index is 275. The molecule has 1 heterocycles. The van der Waals surface area contributed by atoms with Crippen molar-refractivity contribution in [3.8, 4) is 0 Å². The van der Waals surface area contributed by atoms with Crippen molar-refractivity contribution in [3.63, 3.8) is 0 Å². The van der Waals surface area contributed by atoms with Crippen LogP contribution in [-0.4, -0.2) is 26.8 Å². The van der Waals surface area contributed by atoms with Crippen molar-refractivity contribution in [1.29, 1.82) is 0 Å². The number of nitrogens with zero attached hydrogens (tertiary/aromatic N) is 1. The summed E-state index contributed by atoms with van der Waals surface area (Å²) in [6.07, 6.45) is 1.02. The maximum Gasteiger partial charge on any atom is 0.509 e. The number of hydrogen-bond donors (Lipinski definition) is 2. The second kappa shape index (κ2) is 2.41. The van der Waals surface area contributed by atoms with E-state index in [1.165, 1.54) is 6.20 Å². The van der Waals surface area contributed by atoms with Crippen LogP contribution in [0.5, 0.6) is 0 Å². The van der Waals surface area contributed by atoms with Crippen LogP contribution in [0.25, 0.3) is 0 Å². The van der Waals surface area contributed by atoms with E-state index in [-0.39, 0.29) is 5.82 Å². The SMILES string of the molecule is O=C(O)c1[nH+]ccn1C(=O)O. The lowest BCUT2D eigenvalue weighted by Gasteiger charge is -1.85. The number of carbonyl (C=O) groups is 2. The fraction of sp³-hybridized carbons (Fsp3) is 0. The van der Waals surface area contributed by atoms with Gasteiger partial charge in [-0.1, -0.05) is 0 Å². The van der Waals surface area contributed by atoms with Crippen molar-refractivity contribution >= 4 is 12.1 Å². The van der Waals surface area contributed by atoms with E-state index in [1.54, 1.807) is 0 Å². The summed E-state index contributed by atoms with van der Waals surface area (Å²) < 4.78 is 0.586. The van der Waals surface area contributed by atoms with Crippen molar-refractivity contribution in [1.82, 2.24) is 4.57 Å². The van der Waals surface area contributed by atoms with Crippen molar-refractivity contribution in [2.24, 2.45) is 0 Å². The van der Waals surface area contributed by atoms with Crippen LogP contribution in [-0.2, 0) is 0 Å². The summed E-state index contributed by atoms with van der Waals surface area (Å²) in [4.78, 5) is 22.8. The lowest BCUT2D eigenvalue weighted by atomic mass is 10.6. The first kappa shape index (κ1) is 7.26.